The standard InChI is InChI=1S/C15H25N3O2S.HI/c1-6-16-14(17-9-12-8-7-11(2)21-12)18-10-13(19)20-15(3,4)5;/h7-8H,6,9-10H2,1-5H3,(H2,16,17,18);1H. The number of aliphatic imine (C=N–C) groups is 1. The molecule has 7 heteroatoms. The summed E-state index contributed by atoms with van der Waals surface area (Å²) in [6.45, 7) is 11.0. The predicted molar refractivity (Wildman–Crippen MR) is 103 cm³/mol. The lowest BCUT2D eigenvalue weighted by Crippen LogP contribution is -2.37. The quantitative estimate of drug-likeness (QED) is 0.321. The molecule has 126 valence electrons. The number of hydrogen-bond acceptors (Lipinski definition) is 4. The first-order valence-electron chi connectivity index (χ1n) is 7.09. The summed E-state index contributed by atoms with van der Waals surface area (Å²) in [6, 6.07) is 4.18. The van der Waals surface area contributed by atoms with Crippen molar-refractivity contribution in [3.05, 3.63) is 21.9 Å². The second kappa shape index (κ2) is 10.0. The summed E-state index contributed by atoms with van der Waals surface area (Å²) in [5.41, 5.74) is -0.479. The van der Waals surface area contributed by atoms with Crippen molar-refractivity contribution >= 4 is 47.2 Å². The highest BCUT2D eigenvalue weighted by Gasteiger charge is 2.15. The van der Waals surface area contributed by atoms with Gasteiger partial charge in [-0.2, -0.15) is 0 Å². The first-order chi connectivity index (χ1) is 9.80. The maximum Gasteiger partial charge on any atom is 0.328 e. The number of esters is 1. The van der Waals surface area contributed by atoms with E-state index in [2.05, 4.69) is 34.7 Å². The number of hydrogen-bond donors (Lipinski definition) is 2. The second-order valence-electron chi connectivity index (χ2n) is 5.65. The highest BCUT2D eigenvalue weighted by atomic mass is 127. The lowest BCUT2D eigenvalue weighted by molar-refractivity contribution is -0.152. The number of ether oxygens (including phenoxy) is 1. The third-order valence-electron chi connectivity index (χ3n) is 2.36. The highest BCUT2D eigenvalue weighted by Crippen LogP contribution is 2.14. The molecule has 0 amide bonds. The Morgan fingerprint density at radius 3 is 2.50 bits per heavy atom. The maximum atomic E-state index is 11.7. The highest BCUT2D eigenvalue weighted by molar-refractivity contribution is 14.0. The topological polar surface area (TPSA) is 62.7 Å². The van der Waals surface area contributed by atoms with Gasteiger partial charge in [0.2, 0.25) is 0 Å². The maximum absolute atomic E-state index is 11.7. The number of halogens is 1. The number of nitrogens with zero attached hydrogens (tertiary/aromatic N) is 1. The first-order valence-corrected chi connectivity index (χ1v) is 7.91. The Bertz CT molecular complexity index is 495. The molecule has 1 aromatic heterocycles. The first kappa shape index (κ1) is 21.2. The van der Waals surface area contributed by atoms with E-state index in [1.165, 1.54) is 9.75 Å². The molecule has 5 nitrogen and oxygen atoms in total. The fraction of sp³-hybridized carbons (Fsp3) is 0.600. The molecule has 0 saturated heterocycles. The van der Waals surface area contributed by atoms with Crippen LogP contribution >= 0.6 is 35.3 Å². The molecule has 0 aliphatic heterocycles. The molecule has 1 rings (SSSR count). The van der Waals surface area contributed by atoms with Gasteiger partial charge in [-0.3, -0.25) is 4.79 Å². The zero-order chi connectivity index (χ0) is 15.9. The van der Waals surface area contributed by atoms with E-state index in [-0.39, 0.29) is 36.5 Å². The van der Waals surface area contributed by atoms with Crippen molar-refractivity contribution in [1.29, 1.82) is 0 Å². The van der Waals surface area contributed by atoms with Gasteiger partial charge in [0.05, 0.1) is 6.54 Å². The number of carbonyl (C=O) groups is 1. The molecule has 0 bridgehead atoms. The summed E-state index contributed by atoms with van der Waals surface area (Å²) in [7, 11) is 0. The molecule has 0 aliphatic carbocycles. The van der Waals surface area contributed by atoms with E-state index in [1.807, 2.05) is 27.7 Å². The molecule has 0 fully saturated rings. The van der Waals surface area contributed by atoms with Crippen molar-refractivity contribution in [2.45, 2.75) is 46.8 Å². The number of nitrogens with one attached hydrogen (secondary N) is 2. The van der Waals surface area contributed by atoms with Crippen LogP contribution in [0.15, 0.2) is 17.1 Å². The molecule has 0 unspecified atom stereocenters. The average Bonchev–Trinajstić information content (AvgIpc) is 2.76. The van der Waals surface area contributed by atoms with Crippen LogP contribution in [0.5, 0.6) is 0 Å². The van der Waals surface area contributed by atoms with Crippen molar-refractivity contribution in [2.75, 3.05) is 13.1 Å². The Labute approximate surface area is 154 Å². The minimum atomic E-state index is -0.479. The lowest BCUT2D eigenvalue weighted by Gasteiger charge is -2.19. The van der Waals surface area contributed by atoms with Gasteiger partial charge >= 0.3 is 5.97 Å². The molecule has 0 spiro atoms. The van der Waals surface area contributed by atoms with Crippen molar-refractivity contribution in [3.8, 4) is 0 Å². The normalized spacial score (nSPS) is 11.6. The summed E-state index contributed by atoms with van der Waals surface area (Å²) in [4.78, 5) is 18.4. The van der Waals surface area contributed by atoms with Crippen LogP contribution in [0.25, 0.3) is 0 Å². The van der Waals surface area contributed by atoms with E-state index in [9.17, 15) is 4.79 Å². The van der Waals surface area contributed by atoms with Gasteiger partial charge in [0.1, 0.15) is 12.1 Å². The fourth-order valence-electron chi connectivity index (χ4n) is 1.61. The molecule has 2 N–H and O–H groups in total. The van der Waals surface area contributed by atoms with Gasteiger partial charge in [0.15, 0.2) is 5.96 Å². The minimum Gasteiger partial charge on any atom is -0.459 e. The SMILES string of the molecule is CCNC(=NCC(=O)OC(C)(C)C)NCc1ccc(C)s1.I. The summed E-state index contributed by atoms with van der Waals surface area (Å²) >= 11 is 1.74. The summed E-state index contributed by atoms with van der Waals surface area (Å²) in [5.74, 6) is 0.293. The Morgan fingerprint density at radius 2 is 2.00 bits per heavy atom. The summed E-state index contributed by atoms with van der Waals surface area (Å²) in [6.07, 6.45) is 0. The van der Waals surface area contributed by atoms with Gasteiger partial charge in [-0.15, -0.1) is 35.3 Å². The summed E-state index contributed by atoms with van der Waals surface area (Å²) in [5, 5.41) is 6.32. The third kappa shape index (κ3) is 9.24. The van der Waals surface area contributed by atoms with Gasteiger partial charge in [-0.1, -0.05) is 0 Å². The third-order valence-corrected chi connectivity index (χ3v) is 3.36. The van der Waals surface area contributed by atoms with Gasteiger partial charge in [-0.25, -0.2) is 4.99 Å². The van der Waals surface area contributed by atoms with Crippen molar-refractivity contribution < 1.29 is 9.53 Å². The lowest BCUT2D eigenvalue weighted by atomic mass is 10.2. The van der Waals surface area contributed by atoms with Crippen LogP contribution in [-0.4, -0.2) is 30.6 Å². The van der Waals surface area contributed by atoms with E-state index >= 15 is 0 Å². The minimum absolute atomic E-state index is 0. The van der Waals surface area contributed by atoms with Gasteiger partial charge in [0.25, 0.3) is 0 Å². The fourth-order valence-corrected chi connectivity index (χ4v) is 2.44. The van der Waals surface area contributed by atoms with Crippen LogP contribution in [0.4, 0.5) is 0 Å². The van der Waals surface area contributed by atoms with Crippen molar-refractivity contribution in [2.24, 2.45) is 4.99 Å². The zero-order valence-electron chi connectivity index (χ0n) is 13.9. The Kier molecular flexibility index (Phi) is 9.66. The van der Waals surface area contributed by atoms with Crippen LogP contribution in [0.2, 0.25) is 0 Å². The zero-order valence-corrected chi connectivity index (χ0v) is 17.0. The molecule has 0 saturated carbocycles. The smallest absolute Gasteiger partial charge is 0.328 e. The molecule has 1 heterocycles. The largest absolute Gasteiger partial charge is 0.459 e. The number of guanidine groups is 1. The van der Waals surface area contributed by atoms with E-state index in [4.69, 9.17) is 4.74 Å². The number of rotatable bonds is 5. The van der Waals surface area contributed by atoms with Crippen LogP contribution < -0.4 is 10.6 Å². The van der Waals surface area contributed by atoms with Crippen molar-refractivity contribution in [3.63, 3.8) is 0 Å². The van der Waals surface area contributed by atoms with Gasteiger partial charge in [0, 0.05) is 16.3 Å². The number of carbonyl (C=O) groups excluding carboxylic acids is 1. The van der Waals surface area contributed by atoms with Crippen LogP contribution in [0, 0.1) is 6.92 Å². The molecule has 0 atom stereocenters. The van der Waals surface area contributed by atoms with Gasteiger partial charge < -0.3 is 15.4 Å². The second-order valence-corrected chi connectivity index (χ2v) is 7.02. The Morgan fingerprint density at radius 1 is 1.32 bits per heavy atom. The molecule has 0 radical (unpaired) electrons. The number of thiophene rings is 1. The molecular weight excluding hydrogens is 413 g/mol. The van der Waals surface area contributed by atoms with Gasteiger partial charge in [-0.05, 0) is 46.8 Å². The monoisotopic (exact) mass is 439 g/mol. The molecule has 22 heavy (non-hydrogen) atoms. The van der Waals surface area contributed by atoms with Crippen molar-refractivity contribution in [1.82, 2.24) is 10.6 Å². The van der Waals surface area contributed by atoms with E-state index in [0.717, 1.165) is 6.54 Å². The van der Waals surface area contributed by atoms with E-state index < -0.39 is 5.60 Å². The number of aryl methyl sites for hydroxylation is 1. The Hall–Kier alpha value is -0.830. The average molecular weight is 439 g/mol. The van der Waals surface area contributed by atoms with Crippen LogP contribution in [0.1, 0.15) is 37.4 Å². The molecular formula is C15H26IN3O2S. The molecule has 0 aromatic carbocycles. The van der Waals surface area contributed by atoms with E-state index in [0.29, 0.717) is 12.5 Å². The summed E-state index contributed by atoms with van der Waals surface area (Å²) < 4.78 is 5.23. The van der Waals surface area contributed by atoms with Crippen LogP contribution in [0.3, 0.4) is 0 Å². The van der Waals surface area contributed by atoms with Crippen LogP contribution in [-0.2, 0) is 16.1 Å². The Balaban J connectivity index is 0.00000441. The van der Waals surface area contributed by atoms with E-state index in [1.54, 1.807) is 11.3 Å². The molecule has 0 aliphatic rings. The predicted octanol–water partition coefficient (Wildman–Crippen LogP) is 3.07. The molecule has 1 aromatic rings.